The highest BCUT2D eigenvalue weighted by atomic mass is 16.1. The third-order valence-electron chi connectivity index (χ3n) is 5.43. The van der Waals surface area contributed by atoms with Crippen molar-refractivity contribution < 1.29 is 4.79 Å². The van der Waals surface area contributed by atoms with E-state index in [0.717, 1.165) is 33.3 Å². The van der Waals surface area contributed by atoms with Gasteiger partial charge >= 0.3 is 0 Å². The molecule has 1 N–H and O–H groups in total. The molecule has 4 heteroatoms. The number of benzene rings is 3. The van der Waals surface area contributed by atoms with Gasteiger partial charge in [-0.15, -0.1) is 0 Å². The summed E-state index contributed by atoms with van der Waals surface area (Å²) in [5.74, 6) is -0.0112. The maximum atomic E-state index is 13.4. The van der Waals surface area contributed by atoms with Gasteiger partial charge in [-0.1, -0.05) is 54.6 Å². The Hall–Kier alpha value is -3.66. The molecule has 1 aromatic heterocycles. The number of fused-ring (bicyclic) bond motifs is 2. The Morgan fingerprint density at radius 3 is 2.32 bits per heavy atom. The van der Waals surface area contributed by atoms with Gasteiger partial charge in [0.25, 0.3) is 5.56 Å². The van der Waals surface area contributed by atoms with Crippen LogP contribution in [-0.4, -0.2) is 10.4 Å². The van der Waals surface area contributed by atoms with Crippen molar-refractivity contribution in [3.63, 3.8) is 0 Å². The molecule has 3 aromatic carbocycles. The van der Waals surface area contributed by atoms with Crippen molar-refractivity contribution in [3.05, 3.63) is 99.8 Å². The number of hydrogen-bond acceptors (Lipinski definition) is 3. The monoisotopic (exact) mass is 366 g/mol. The molecule has 0 atom stereocenters. The molecule has 4 aromatic rings. The molecule has 0 aliphatic heterocycles. The number of anilines is 1. The van der Waals surface area contributed by atoms with Crippen LogP contribution in [0.3, 0.4) is 0 Å². The fourth-order valence-electron chi connectivity index (χ4n) is 3.99. The standard InChI is InChI=1S/C24H18N2O2/c1-26-20-12-11-19(25-14-15-7-3-2-4-8-15)23-22(20)18(13-21(26)27)16-9-5-6-10-17(16)24(23)28/h2-13,25H,14H2,1H3. The molecule has 0 radical (unpaired) electrons. The summed E-state index contributed by atoms with van der Waals surface area (Å²) in [4.78, 5) is 25.9. The van der Waals surface area contributed by atoms with E-state index in [-0.39, 0.29) is 11.3 Å². The average Bonchev–Trinajstić information content (AvgIpc) is 2.74. The summed E-state index contributed by atoms with van der Waals surface area (Å²) in [5.41, 5.74) is 5.54. The Balaban J connectivity index is 1.76. The van der Waals surface area contributed by atoms with E-state index in [0.29, 0.717) is 17.7 Å². The Morgan fingerprint density at radius 2 is 1.54 bits per heavy atom. The van der Waals surface area contributed by atoms with E-state index < -0.39 is 0 Å². The molecule has 0 amide bonds. The number of rotatable bonds is 3. The van der Waals surface area contributed by atoms with E-state index in [2.05, 4.69) is 5.32 Å². The maximum Gasteiger partial charge on any atom is 0.251 e. The molecule has 0 fully saturated rings. The van der Waals surface area contributed by atoms with Crippen molar-refractivity contribution in [1.82, 2.24) is 4.57 Å². The summed E-state index contributed by atoms with van der Waals surface area (Å²) < 4.78 is 1.60. The van der Waals surface area contributed by atoms with E-state index in [1.165, 1.54) is 0 Å². The average molecular weight is 366 g/mol. The number of aromatic nitrogens is 1. The zero-order valence-corrected chi connectivity index (χ0v) is 15.4. The van der Waals surface area contributed by atoms with Gasteiger partial charge in [-0.3, -0.25) is 9.59 Å². The van der Waals surface area contributed by atoms with Crippen LogP contribution in [0, 0.1) is 0 Å². The largest absolute Gasteiger partial charge is 0.380 e. The Morgan fingerprint density at radius 1 is 0.821 bits per heavy atom. The van der Waals surface area contributed by atoms with Crippen LogP contribution < -0.4 is 10.9 Å². The first-order chi connectivity index (χ1) is 13.6. The summed E-state index contributed by atoms with van der Waals surface area (Å²) in [7, 11) is 1.74. The fourth-order valence-corrected chi connectivity index (χ4v) is 3.99. The van der Waals surface area contributed by atoms with Crippen LogP contribution in [0.2, 0.25) is 0 Å². The lowest BCUT2D eigenvalue weighted by Gasteiger charge is -2.23. The van der Waals surface area contributed by atoms with Crippen LogP contribution in [0.5, 0.6) is 0 Å². The topological polar surface area (TPSA) is 51.1 Å². The lowest BCUT2D eigenvalue weighted by Crippen LogP contribution is -2.21. The molecule has 5 rings (SSSR count). The SMILES string of the molecule is Cn1c(=O)cc2c3c(c(NCc4ccccc4)ccc31)C(=O)c1ccccc1-2. The van der Waals surface area contributed by atoms with Gasteiger partial charge in [-0.05, 0) is 28.8 Å². The van der Waals surface area contributed by atoms with Crippen molar-refractivity contribution in [2.45, 2.75) is 6.54 Å². The predicted molar refractivity (Wildman–Crippen MR) is 112 cm³/mol. The molecular formula is C24H18N2O2. The lowest BCUT2D eigenvalue weighted by molar-refractivity contribution is 0.104. The number of carbonyl (C=O) groups excluding carboxylic acids is 1. The van der Waals surface area contributed by atoms with E-state index in [1.807, 2.05) is 66.7 Å². The quantitative estimate of drug-likeness (QED) is 0.516. The Bertz CT molecular complexity index is 1300. The fraction of sp³-hybridized carbons (Fsp3) is 0.0833. The summed E-state index contributed by atoms with van der Waals surface area (Å²) in [6.45, 7) is 0.620. The van der Waals surface area contributed by atoms with Gasteiger partial charge in [0.15, 0.2) is 5.78 Å². The zero-order valence-electron chi connectivity index (χ0n) is 15.4. The Kier molecular flexibility index (Phi) is 3.66. The lowest BCUT2D eigenvalue weighted by atomic mass is 9.83. The molecule has 0 bridgehead atoms. The second kappa shape index (κ2) is 6.20. The number of ketones is 1. The molecule has 4 nitrogen and oxygen atoms in total. The van der Waals surface area contributed by atoms with E-state index >= 15 is 0 Å². The third-order valence-corrected chi connectivity index (χ3v) is 5.43. The predicted octanol–water partition coefficient (Wildman–Crippen LogP) is 4.36. The molecule has 1 aliphatic rings. The van der Waals surface area contributed by atoms with Gasteiger partial charge in [0, 0.05) is 36.3 Å². The van der Waals surface area contributed by atoms with Gasteiger partial charge in [-0.2, -0.15) is 0 Å². The highest BCUT2D eigenvalue weighted by Gasteiger charge is 2.28. The van der Waals surface area contributed by atoms with E-state index in [9.17, 15) is 9.59 Å². The summed E-state index contributed by atoms with van der Waals surface area (Å²) in [5, 5.41) is 4.26. The zero-order chi connectivity index (χ0) is 19.3. The van der Waals surface area contributed by atoms with Crippen LogP contribution in [0.4, 0.5) is 5.69 Å². The van der Waals surface area contributed by atoms with E-state index in [4.69, 9.17) is 0 Å². The van der Waals surface area contributed by atoms with Crippen LogP contribution >= 0.6 is 0 Å². The van der Waals surface area contributed by atoms with Crippen LogP contribution in [0.25, 0.3) is 22.0 Å². The second-order valence-electron chi connectivity index (χ2n) is 7.05. The minimum atomic E-state index is -0.0809. The molecular weight excluding hydrogens is 348 g/mol. The van der Waals surface area contributed by atoms with Crippen molar-refractivity contribution in [3.8, 4) is 11.1 Å². The smallest absolute Gasteiger partial charge is 0.251 e. The first kappa shape index (κ1) is 16.5. The van der Waals surface area contributed by atoms with Gasteiger partial charge in [-0.25, -0.2) is 0 Å². The molecule has 0 spiro atoms. The molecule has 0 saturated carbocycles. The van der Waals surface area contributed by atoms with Gasteiger partial charge in [0.1, 0.15) is 0 Å². The van der Waals surface area contributed by atoms with Gasteiger partial charge < -0.3 is 9.88 Å². The summed E-state index contributed by atoms with van der Waals surface area (Å²) in [6.07, 6.45) is 0. The van der Waals surface area contributed by atoms with Crippen molar-refractivity contribution in [2.24, 2.45) is 7.05 Å². The molecule has 28 heavy (non-hydrogen) atoms. The van der Waals surface area contributed by atoms with Crippen molar-refractivity contribution in [1.29, 1.82) is 0 Å². The van der Waals surface area contributed by atoms with Crippen LogP contribution in [0.1, 0.15) is 21.5 Å². The number of aryl methyl sites for hydroxylation is 1. The van der Waals surface area contributed by atoms with E-state index in [1.54, 1.807) is 17.7 Å². The molecule has 1 heterocycles. The summed E-state index contributed by atoms with van der Waals surface area (Å²) >= 11 is 0. The molecule has 136 valence electrons. The number of hydrogen-bond donors (Lipinski definition) is 1. The van der Waals surface area contributed by atoms with Crippen molar-refractivity contribution >= 4 is 22.4 Å². The number of pyridine rings is 1. The number of carbonyl (C=O) groups is 1. The highest BCUT2D eigenvalue weighted by molar-refractivity contribution is 6.28. The Labute approximate surface area is 162 Å². The minimum absolute atomic E-state index is 0.0112. The van der Waals surface area contributed by atoms with Gasteiger partial charge in [0.2, 0.25) is 0 Å². The van der Waals surface area contributed by atoms with Crippen LogP contribution in [0.15, 0.2) is 77.6 Å². The minimum Gasteiger partial charge on any atom is -0.380 e. The molecule has 0 saturated heterocycles. The maximum absolute atomic E-state index is 13.4. The number of nitrogens with one attached hydrogen (secondary N) is 1. The second-order valence-corrected chi connectivity index (χ2v) is 7.05. The van der Waals surface area contributed by atoms with Crippen LogP contribution in [-0.2, 0) is 13.6 Å². The van der Waals surface area contributed by atoms with Gasteiger partial charge in [0.05, 0.1) is 11.1 Å². The summed E-state index contributed by atoms with van der Waals surface area (Å²) in [6, 6.07) is 23.0. The highest BCUT2D eigenvalue weighted by Crippen LogP contribution is 2.41. The third kappa shape index (κ3) is 2.38. The number of nitrogens with zero attached hydrogens (tertiary/aromatic N) is 1. The first-order valence-corrected chi connectivity index (χ1v) is 9.24. The first-order valence-electron chi connectivity index (χ1n) is 9.24. The van der Waals surface area contributed by atoms with Crippen molar-refractivity contribution in [2.75, 3.05) is 5.32 Å². The molecule has 0 unspecified atom stereocenters. The molecule has 1 aliphatic carbocycles. The normalized spacial score (nSPS) is 12.1.